The number of pyridine rings is 1. The maximum atomic E-state index is 11.6. The van der Waals surface area contributed by atoms with Gasteiger partial charge in [0.15, 0.2) is 0 Å². The summed E-state index contributed by atoms with van der Waals surface area (Å²) in [6.45, 7) is 1.31. The van der Waals surface area contributed by atoms with Gasteiger partial charge in [-0.25, -0.2) is 9.78 Å². The number of hydrogen-bond acceptors (Lipinski definition) is 4. The van der Waals surface area contributed by atoms with Crippen molar-refractivity contribution in [2.75, 3.05) is 5.32 Å². The molecule has 92 valence electrons. The molecular formula is C12H9ClN2O3. The van der Waals surface area contributed by atoms with Crippen LogP contribution >= 0.6 is 11.6 Å². The van der Waals surface area contributed by atoms with Crippen molar-refractivity contribution >= 4 is 23.2 Å². The first-order valence-electron chi connectivity index (χ1n) is 5.10. The number of amides is 1. The van der Waals surface area contributed by atoms with Crippen LogP contribution in [0, 0.1) is 0 Å². The lowest BCUT2D eigenvalue weighted by molar-refractivity contribution is -0.114. The fourth-order valence-corrected chi connectivity index (χ4v) is 1.63. The van der Waals surface area contributed by atoms with E-state index in [1.165, 1.54) is 19.2 Å². The second kappa shape index (κ2) is 5.01. The summed E-state index contributed by atoms with van der Waals surface area (Å²) in [6.07, 6.45) is 1.54. The lowest BCUT2D eigenvalue weighted by Gasteiger charge is -2.03. The quantitative estimate of drug-likeness (QED) is 0.845. The van der Waals surface area contributed by atoms with Crippen LogP contribution in [0.1, 0.15) is 6.92 Å². The van der Waals surface area contributed by atoms with Crippen LogP contribution in [0.2, 0.25) is 5.15 Å². The van der Waals surface area contributed by atoms with E-state index < -0.39 is 5.63 Å². The summed E-state index contributed by atoms with van der Waals surface area (Å²) >= 11 is 5.89. The third-order valence-electron chi connectivity index (χ3n) is 2.16. The van der Waals surface area contributed by atoms with Crippen LogP contribution < -0.4 is 10.9 Å². The van der Waals surface area contributed by atoms with Crippen molar-refractivity contribution in [3.63, 3.8) is 0 Å². The molecule has 18 heavy (non-hydrogen) atoms. The summed E-state index contributed by atoms with van der Waals surface area (Å²) in [7, 11) is 0. The lowest BCUT2D eigenvalue weighted by Crippen LogP contribution is -2.14. The Hall–Kier alpha value is -2.14. The summed E-state index contributed by atoms with van der Waals surface area (Å²) in [5.74, 6) is -0.0401. The molecule has 2 rings (SSSR count). The van der Waals surface area contributed by atoms with Crippen LogP contribution in [0.4, 0.5) is 5.69 Å². The number of rotatable bonds is 2. The Morgan fingerprint density at radius 1 is 1.39 bits per heavy atom. The molecule has 0 aliphatic carbocycles. The molecule has 1 amide bonds. The maximum Gasteiger partial charge on any atom is 0.360 e. The van der Waals surface area contributed by atoms with Crippen molar-refractivity contribution in [3.8, 4) is 11.3 Å². The van der Waals surface area contributed by atoms with Crippen LogP contribution in [-0.2, 0) is 4.79 Å². The predicted octanol–water partition coefficient (Wildman–Crippen LogP) is 2.31. The molecular weight excluding hydrogens is 256 g/mol. The zero-order valence-corrected chi connectivity index (χ0v) is 10.2. The standard InChI is InChI=1S/C12H9ClN2O3/c1-7(16)15-9-4-5-10(18-12(9)17)8-3-2-6-14-11(8)13/h2-6H,1H3,(H,15,16). The lowest BCUT2D eigenvalue weighted by atomic mass is 10.2. The number of aromatic nitrogens is 1. The fraction of sp³-hybridized carbons (Fsp3) is 0.0833. The highest BCUT2D eigenvalue weighted by molar-refractivity contribution is 6.31. The summed E-state index contributed by atoms with van der Waals surface area (Å²) in [5, 5.41) is 2.62. The molecule has 0 aliphatic rings. The third-order valence-corrected chi connectivity index (χ3v) is 2.46. The van der Waals surface area contributed by atoms with Gasteiger partial charge in [0.25, 0.3) is 0 Å². The van der Waals surface area contributed by atoms with Gasteiger partial charge in [0.1, 0.15) is 16.6 Å². The van der Waals surface area contributed by atoms with Gasteiger partial charge >= 0.3 is 5.63 Å². The Bertz CT molecular complexity index is 652. The molecule has 1 N–H and O–H groups in total. The third kappa shape index (κ3) is 2.57. The minimum atomic E-state index is -0.636. The van der Waals surface area contributed by atoms with Crippen LogP contribution in [0.15, 0.2) is 39.7 Å². The monoisotopic (exact) mass is 264 g/mol. The van der Waals surface area contributed by atoms with E-state index in [2.05, 4.69) is 10.3 Å². The second-order valence-electron chi connectivity index (χ2n) is 3.52. The van der Waals surface area contributed by atoms with E-state index in [1.54, 1.807) is 18.2 Å². The number of hydrogen-bond donors (Lipinski definition) is 1. The molecule has 0 radical (unpaired) electrons. The van der Waals surface area contributed by atoms with Crippen LogP contribution in [-0.4, -0.2) is 10.9 Å². The average Bonchev–Trinajstić information content (AvgIpc) is 2.32. The molecule has 0 unspecified atom stereocenters. The highest BCUT2D eigenvalue weighted by Gasteiger charge is 2.09. The smallest absolute Gasteiger partial charge is 0.360 e. The zero-order chi connectivity index (χ0) is 13.1. The zero-order valence-electron chi connectivity index (χ0n) is 9.44. The van der Waals surface area contributed by atoms with Gasteiger partial charge in [0.05, 0.1) is 5.56 Å². The second-order valence-corrected chi connectivity index (χ2v) is 3.88. The highest BCUT2D eigenvalue weighted by atomic mass is 35.5. The first-order valence-corrected chi connectivity index (χ1v) is 5.48. The van der Waals surface area contributed by atoms with Gasteiger partial charge in [-0.05, 0) is 24.3 Å². The van der Waals surface area contributed by atoms with Crippen molar-refractivity contribution < 1.29 is 9.21 Å². The Kier molecular flexibility index (Phi) is 3.43. The first kappa shape index (κ1) is 12.3. The fourth-order valence-electron chi connectivity index (χ4n) is 1.41. The molecule has 6 heteroatoms. The number of nitrogens with one attached hydrogen (secondary N) is 1. The SMILES string of the molecule is CC(=O)Nc1ccc(-c2cccnc2Cl)oc1=O. The first-order chi connectivity index (χ1) is 8.58. The van der Waals surface area contributed by atoms with Crippen LogP contribution in [0.25, 0.3) is 11.3 Å². The van der Waals surface area contributed by atoms with Crippen LogP contribution in [0.5, 0.6) is 0 Å². The van der Waals surface area contributed by atoms with Gasteiger partial charge in [-0.2, -0.15) is 0 Å². The van der Waals surface area contributed by atoms with Crippen molar-refractivity contribution in [3.05, 3.63) is 46.0 Å². The van der Waals surface area contributed by atoms with Gasteiger partial charge in [0, 0.05) is 13.1 Å². The van der Waals surface area contributed by atoms with Gasteiger partial charge < -0.3 is 9.73 Å². The molecule has 0 fully saturated rings. The number of carbonyl (C=O) groups excluding carboxylic acids is 1. The molecule has 0 spiro atoms. The topological polar surface area (TPSA) is 72.2 Å². The Morgan fingerprint density at radius 3 is 2.78 bits per heavy atom. The molecule has 0 aliphatic heterocycles. The molecule has 5 nitrogen and oxygen atoms in total. The van der Waals surface area contributed by atoms with Crippen molar-refractivity contribution in [1.29, 1.82) is 0 Å². The molecule has 2 heterocycles. The summed E-state index contributed by atoms with van der Waals surface area (Å²) in [4.78, 5) is 26.4. The van der Waals surface area contributed by atoms with Crippen molar-refractivity contribution in [2.45, 2.75) is 6.92 Å². The summed E-state index contributed by atoms with van der Waals surface area (Å²) in [6, 6.07) is 6.39. The van der Waals surface area contributed by atoms with Gasteiger partial charge in [-0.15, -0.1) is 0 Å². The van der Waals surface area contributed by atoms with E-state index in [1.807, 2.05) is 0 Å². The van der Waals surface area contributed by atoms with E-state index in [4.69, 9.17) is 16.0 Å². The average molecular weight is 265 g/mol. The van der Waals surface area contributed by atoms with Gasteiger partial charge in [-0.3, -0.25) is 4.79 Å². The molecule has 0 saturated heterocycles. The highest BCUT2D eigenvalue weighted by Crippen LogP contribution is 2.25. The number of nitrogens with zero attached hydrogens (tertiary/aromatic N) is 1. The summed E-state index contributed by atoms with van der Waals surface area (Å²) in [5.41, 5.74) is -0.0282. The van der Waals surface area contributed by atoms with Crippen LogP contribution in [0.3, 0.4) is 0 Å². The van der Waals surface area contributed by atoms with Gasteiger partial charge in [0.2, 0.25) is 5.91 Å². The van der Waals surface area contributed by atoms with E-state index >= 15 is 0 Å². The predicted molar refractivity (Wildman–Crippen MR) is 67.5 cm³/mol. The Balaban J connectivity index is 2.44. The number of anilines is 1. The Morgan fingerprint density at radius 2 is 2.17 bits per heavy atom. The number of halogens is 1. The molecule has 0 aromatic carbocycles. The normalized spacial score (nSPS) is 10.1. The van der Waals surface area contributed by atoms with E-state index in [-0.39, 0.29) is 16.7 Å². The maximum absolute atomic E-state index is 11.6. The van der Waals surface area contributed by atoms with E-state index in [0.717, 1.165) is 0 Å². The van der Waals surface area contributed by atoms with E-state index in [0.29, 0.717) is 11.3 Å². The van der Waals surface area contributed by atoms with E-state index in [9.17, 15) is 9.59 Å². The number of carbonyl (C=O) groups is 1. The van der Waals surface area contributed by atoms with Gasteiger partial charge in [-0.1, -0.05) is 11.6 Å². The molecule has 0 saturated carbocycles. The molecule has 2 aromatic rings. The largest absolute Gasteiger partial charge is 0.421 e. The minimum Gasteiger partial charge on any atom is -0.421 e. The van der Waals surface area contributed by atoms with Crippen molar-refractivity contribution in [1.82, 2.24) is 4.98 Å². The summed E-state index contributed by atoms with van der Waals surface area (Å²) < 4.78 is 5.08. The molecule has 2 aromatic heterocycles. The Labute approximate surface area is 107 Å². The minimum absolute atomic E-state index is 0.0891. The molecule has 0 bridgehead atoms. The molecule has 0 atom stereocenters. The van der Waals surface area contributed by atoms with Crippen molar-refractivity contribution in [2.24, 2.45) is 0 Å².